The lowest BCUT2D eigenvalue weighted by Crippen LogP contribution is -2.44. The molecule has 3 aliphatic rings. The van der Waals surface area contributed by atoms with Gasteiger partial charge in [0.25, 0.3) is 0 Å². The van der Waals surface area contributed by atoms with Gasteiger partial charge in [0.1, 0.15) is 0 Å². The third kappa shape index (κ3) is 3.93. The van der Waals surface area contributed by atoms with E-state index in [9.17, 15) is 13.2 Å². The van der Waals surface area contributed by atoms with Crippen LogP contribution >= 0.6 is 12.4 Å². The minimum absolute atomic E-state index is 0. The van der Waals surface area contributed by atoms with E-state index < -0.39 is 10.0 Å². The summed E-state index contributed by atoms with van der Waals surface area (Å²) in [6.45, 7) is 3.12. The normalized spacial score (nSPS) is 28.2. The van der Waals surface area contributed by atoms with E-state index in [0.717, 1.165) is 25.8 Å². The molecule has 9 heteroatoms. The molecule has 1 aromatic rings. The first kappa shape index (κ1) is 21.5. The van der Waals surface area contributed by atoms with Gasteiger partial charge in [-0.3, -0.25) is 4.79 Å². The predicted molar refractivity (Wildman–Crippen MR) is 109 cm³/mol. The minimum atomic E-state index is -3.57. The monoisotopic (exact) mass is 429 g/mol. The van der Waals surface area contributed by atoms with E-state index in [0.29, 0.717) is 44.5 Å². The topological polar surface area (TPSA) is 87.7 Å². The number of fused-ring (bicyclic) bond motifs is 1. The molecule has 2 aliphatic heterocycles. The van der Waals surface area contributed by atoms with Crippen LogP contribution in [0.4, 0.5) is 5.69 Å². The van der Waals surface area contributed by atoms with Gasteiger partial charge in [0.15, 0.2) is 0 Å². The summed E-state index contributed by atoms with van der Waals surface area (Å²) >= 11 is 0. The van der Waals surface area contributed by atoms with Crippen LogP contribution in [0.25, 0.3) is 0 Å². The van der Waals surface area contributed by atoms with Crippen molar-refractivity contribution in [3.63, 3.8) is 0 Å². The summed E-state index contributed by atoms with van der Waals surface area (Å²) in [5.74, 6) is 0.379. The number of morpholine rings is 1. The van der Waals surface area contributed by atoms with Gasteiger partial charge in [0.05, 0.1) is 23.5 Å². The molecule has 2 atom stereocenters. The van der Waals surface area contributed by atoms with Crippen LogP contribution in [0.1, 0.15) is 25.7 Å². The van der Waals surface area contributed by atoms with Crippen molar-refractivity contribution in [1.29, 1.82) is 0 Å². The Kier molecular flexibility index (Phi) is 6.66. The molecule has 1 saturated carbocycles. The number of benzene rings is 1. The molecule has 0 unspecified atom stereocenters. The fourth-order valence-corrected chi connectivity index (χ4v) is 6.07. The summed E-state index contributed by atoms with van der Waals surface area (Å²) in [4.78, 5) is 13.3. The number of carbonyl (C=O) groups excluding carboxylic acids is 1. The largest absolute Gasteiger partial charge is 0.379 e. The van der Waals surface area contributed by atoms with E-state index >= 15 is 0 Å². The number of nitrogens with one attached hydrogen (secondary N) is 2. The molecule has 2 heterocycles. The van der Waals surface area contributed by atoms with Crippen LogP contribution in [0.5, 0.6) is 0 Å². The van der Waals surface area contributed by atoms with Gasteiger partial charge in [-0.2, -0.15) is 4.31 Å². The van der Waals surface area contributed by atoms with Crippen molar-refractivity contribution in [2.24, 2.45) is 11.3 Å². The third-order valence-corrected chi connectivity index (χ3v) is 8.08. The number of hydrogen-bond donors (Lipinski definition) is 2. The Morgan fingerprint density at radius 2 is 2.04 bits per heavy atom. The van der Waals surface area contributed by atoms with E-state index in [1.54, 1.807) is 24.3 Å². The van der Waals surface area contributed by atoms with Crippen LogP contribution in [0.3, 0.4) is 0 Å². The van der Waals surface area contributed by atoms with Gasteiger partial charge in [-0.05, 0) is 43.5 Å². The number of carbonyl (C=O) groups is 1. The first-order valence-electron chi connectivity index (χ1n) is 9.72. The zero-order valence-electron chi connectivity index (χ0n) is 15.9. The molecule has 0 spiro atoms. The lowest BCUT2D eigenvalue weighted by Gasteiger charge is -2.37. The van der Waals surface area contributed by atoms with Crippen molar-refractivity contribution < 1.29 is 17.9 Å². The SMILES string of the molecule is Cl.O=C(Nc1cccc(S(=O)(=O)N2CCOCC2)c1)[C@@]12CCCC[C@H]1CNC2. The number of nitrogens with zero attached hydrogens (tertiary/aromatic N) is 1. The maximum absolute atomic E-state index is 13.1. The second-order valence-corrected chi connectivity index (χ2v) is 9.67. The molecular weight excluding hydrogens is 402 g/mol. The lowest BCUT2D eigenvalue weighted by molar-refractivity contribution is -0.128. The number of rotatable bonds is 4. The summed E-state index contributed by atoms with van der Waals surface area (Å²) < 4.78 is 32.4. The van der Waals surface area contributed by atoms with Crippen LogP contribution < -0.4 is 10.6 Å². The molecule has 2 saturated heterocycles. The van der Waals surface area contributed by atoms with Crippen LogP contribution in [0.2, 0.25) is 0 Å². The minimum Gasteiger partial charge on any atom is -0.379 e. The molecule has 0 aromatic heterocycles. The molecule has 156 valence electrons. The van der Waals surface area contributed by atoms with E-state index in [2.05, 4.69) is 10.6 Å². The molecule has 1 amide bonds. The summed E-state index contributed by atoms with van der Waals surface area (Å²) in [5, 5.41) is 6.38. The zero-order valence-corrected chi connectivity index (χ0v) is 17.5. The summed E-state index contributed by atoms with van der Waals surface area (Å²) in [7, 11) is -3.57. The molecule has 1 aliphatic carbocycles. The molecule has 2 N–H and O–H groups in total. The van der Waals surface area contributed by atoms with Gasteiger partial charge >= 0.3 is 0 Å². The van der Waals surface area contributed by atoms with Gasteiger partial charge in [0.2, 0.25) is 15.9 Å². The van der Waals surface area contributed by atoms with Gasteiger partial charge in [-0.15, -0.1) is 12.4 Å². The van der Waals surface area contributed by atoms with Crippen molar-refractivity contribution in [3.05, 3.63) is 24.3 Å². The van der Waals surface area contributed by atoms with Crippen LogP contribution in [0, 0.1) is 11.3 Å². The van der Waals surface area contributed by atoms with Gasteiger partial charge in [-0.1, -0.05) is 18.9 Å². The molecule has 3 fully saturated rings. The van der Waals surface area contributed by atoms with Gasteiger partial charge in [0, 0.05) is 25.3 Å². The van der Waals surface area contributed by atoms with Crippen LogP contribution in [0.15, 0.2) is 29.2 Å². The molecule has 0 radical (unpaired) electrons. The Bertz CT molecular complexity index is 813. The molecule has 4 rings (SSSR count). The van der Waals surface area contributed by atoms with Crippen molar-refractivity contribution in [2.75, 3.05) is 44.7 Å². The average Bonchev–Trinajstić information content (AvgIpc) is 3.14. The first-order chi connectivity index (χ1) is 13.0. The summed E-state index contributed by atoms with van der Waals surface area (Å²) in [6, 6.07) is 6.60. The van der Waals surface area contributed by atoms with Gasteiger partial charge in [-0.25, -0.2) is 8.42 Å². The van der Waals surface area contributed by atoms with Crippen LogP contribution in [-0.2, 0) is 19.6 Å². The molecule has 1 aromatic carbocycles. The number of sulfonamides is 1. The van der Waals surface area contributed by atoms with Gasteiger partial charge < -0.3 is 15.4 Å². The quantitative estimate of drug-likeness (QED) is 0.762. The molecule has 28 heavy (non-hydrogen) atoms. The number of halogens is 1. The number of amides is 1. The summed E-state index contributed by atoms with van der Waals surface area (Å²) in [6.07, 6.45) is 4.21. The third-order valence-electron chi connectivity index (χ3n) is 6.19. The Balaban J connectivity index is 0.00000225. The Hall–Kier alpha value is -1.19. The molecule has 0 bridgehead atoms. The first-order valence-corrected chi connectivity index (χ1v) is 11.2. The second kappa shape index (κ2) is 8.67. The van der Waals surface area contributed by atoms with Crippen molar-refractivity contribution in [1.82, 2.24) is 9.62 Å². The van der Waals surface area contributed by atoms with Crippen molar-refractivity contribution in [2.45, 2.75) is 30.6 Å². The second-order valence-electron chi connectivity index (χ2n) is 7.73. The fourth-order valence-electron chi connectivity index (χ4n) is 4.62. The highest BCUT2D eigenvalue weighted by atomic mass is 35.5. The number of hydrogen-bond acceptors (Lipinski definition) is 5. The zero-order chi connectivity index (χ0) is 18.9. The smallest absolute Gasteiger partial charge is 0.243 e. The van der Waals surface area contributed by atoms with Crippen molar-refractivity contribution >= 4 is 34.0 Å². The highest BCUT2D eigenvalue weighted by Gasteiger charge is 2.49. The Labute approximate surface area is 172 Å². The van der Waals surface area contributed by atoms with Crippen molar-refractivity contribution in [3.8, 4) is 0 Å². The fraction of sp³-hybridized carbons (Fsp3) is 0.632. The van der Waals surface area contributed by atoms with E-state index in [1.165, 1.54) is 10.7 Å². The maximum Gasteiger partial charge on any atom is 0.243 e. The highest BCUT2D eigenvalue weighted by molar-refractivity contribution is 7.89. The maximum atomic E-state index is 13.1. The Morgan fingerprint density at radius 3 is 2.82 bits per heavy atom. The number of ether oxygens (including phenoxy) is 1. The summed E-state index contributed by atoms with van der Waals surface area (Å²) in [5.41, 5.74) is 0.178. The lowest BCUT2D eigenvalue weighted by atomic mass is 9.67. The van der Waals surface area contributed by atoms with Crippen LogP contribution in [-0.4, -0.2) is 58.0 Å². The standard InChI is InChI=1S/C19H27N3O4S.ClH/c23-18(19-7-2-1-4-15(19)13-20-14-19)21-16-5-3-6-17(12-16)27(24,25)22-8-10-26-11-9-22;/h3,5-6,12,15,20H,1-2,4,7-11,13-14H2,(H,21,23);1H/t15-,19+;/m0./s1. The Morgan fingerprint density at radius 1 is 1.25 bits per heavy atom. The number of anilines is 1. The predicted octanol–water partition coefficient (Wildman–Crippen LogP) is 1.85. The van der Waals surface area contributed by atoms with E-state index in [1.807, 2.05) is 0 Å². The average molecular weight is 430 g/mol. The highest BCUT2D eigenvalue weighted by Crippen LogP contribution is 2.44. The van der Waals surface area contributed by atoms with E-state index in [4.69, 9.17) is 4.74 Å². The molecular formula is C19H28ClN3O4S. The molecule has 7 nitrogen and oxygen atoms in total. The van der Waals surface area contributed by atoms with E-state index in [-0.39, 0.29) is 28.6 Å².